The van der Waals surface area contributed by atoms with Gasteiger partial charge in [-0.3, -0.25) is 0 Å². The van der Waals surface area contributed by atoms with Crippen LogP contribution in [-0.2, 0) is 53.1 Å². The van der Waals surface area contributed by atoms with Gasteiger partial charge in [0.2, 0.25) is 0 Å². The molecule has 0 N–H and O–H groups in total. The summed E-state index contributed by atoms with van der Waals surface area (Å²) in [6.45, 7) is 0. The molecule has 32 valence electrons. The van der Waals surface area contributed by atoms with Crippen molar-refractivity contribution in [2.45, 2.75) is 0 Å². The van der Waals surface area contributed by atoms with E-state index in [4.69, 9.17) is 0 Å². The summed E-state index contributed by atoms with van der Waals surface area (Å²) in [5.41, 5.74) is 0. The van der Waals surface area contributed by atoms with E-state index >= 15 is 0 Å². The summed E-state index contributed by atoms with van der Waals surface area (Å²) >= 11 is 0. The van der Waals surface area contributed by atoms with Gasteiger partial charge < -0.3 is 11.0 Å². The van der Waals surface area contributed by atoms with Crippen molar-refractivity contribution in [1.82, 2.24) is 0 Å². The first-order chi connectivity index (χ1) is 0. The molecule has 0 aliphatic heterocycles. The van der Waals surface area contributed by atoms with Gasteiger partial charge in [0, 0.05) is 21.1 Å². The summed E-state index contributed by atoms with van der Waals surface area (Å²) in [7, 11) is 0. The second-order valence-corrected chi connectivity index (χ2v) is 0. The van der Waals surface area contributed by atoms with Gasteiger partial charge in [-0.25, -0.2) is 0 Å². The Morgan fingerprint density at radius 1 is 0.750 bits per heavy atom. The van der Waals surface area contributed by atoms with Crippen LogP contribution in [0, 0.1) is 0 Å². The maximum Gasteiger partial charge on any atom is 4.00 e. The molecule has 0 unspecified atom stereocenters. The SMILES string of the molecule is [O-2].[O-2].[Pt+4].[Pt]. The second-order valence-electron chi connectivity index (χ2n) is 0. The standard InChI is InChI=1S/2O.2Pt/q2*-2;;+4. The minimum atomic E-state index is 0. The minimum absolute atomic E-state index is 0. The van der Waals surface area contributed by atoms with E-state index in [1.807, 2.05) is 0 Å². The van der Waals surface area contributed by atoms with Gasteiger partial charge in [-0.1, -0.05) is 0 Å². The van der Waals surface area contributed by atoms with Crippen molar-refractivity contribution >= 4 is 0 Å². The van der Waals surface area contributed by atoms with Crippen LogP contribution in [0.15, 0.2) is 0 Å². The Kier molecular flexibility index (Phi) is 404. The molecule has 0 aromatic rings. The molecule has 2 nitrogen and oxygen atoms in total. The largest absolute Gasteiger partial charge is 4.00 e. The molecule has 0 radical (unpaired) electrons. The Labute approximate surface area is 53.1 Å². The maximum atomic E-state index is 0. The van der Waals surface area contributed by atoms with Crippen LogP contribution in [-0.4, -0.2) is 0 Å². The summed E-state index contributed by atoms with van der Waals surface area (Å²) in [5, 5.41) is 0. The Bertz CT molecular complexity index is 4.00. The molecule has 0 aliphatic rings. The Balaban J connectivity index is 0. The first kappa shape index (κ1) is 58.2. The van der Waals surface area contributed by atoms with E-state index in [0.29, 0.717) is 0 Å². The van der Waals surface area contributed by atoms with Crippen molar-refractivity contribution in [1.29, 1.82) is 0 Å². The van der Waals surface area contributed by atoms with Gasteiger partial charge in [0.15, 0.2) is 0 Å². The quantitative estimate of drug-likeness (QED) is 0.518. The summed E-state index contributed by atoms with van der Waals surface area (Å²) in [5.74, 6) is 0. The molecule has 4 heteroatoms. The molecule has 0 saturated carbocycles. The molecule has 0 bridgehead atoms. The molecule has 0 atom stereocenters. The molecule has 0 aliphatic carbocycles. The normalized spacial score (nSPS) is 0. The average molecular weight is 422 g/mol. The van der Waals surface area contributed by atoms with Gasteiger partial charge in [0.1, 0.15) is 0 Å². The van der Waals surface area contributed by atoms with Crippen molar-refractivity contribution in [3.05, 3.63) is 0 Å². The molecule has 4 heavy (non-hydrogen) atoms. The van der Waals surface area contributed by atoms with E-state index < -0.39 is 0 Å². The minimum Gasteiger partial charge on any atom is -2.00 e. The van der Waals surface area contributed by atoms with Crippen LogP contribution in [0.4, 0.5) is 0 Å². The van der Waals surface area contributed by atoms with Crippen molar-refractivity contribution in [2.24, 2.45) is 0 Å². The summed E-state index contributed by atoms with van der Waals surface area (Å²) in [4.78, 5) is 0. The molecule has 0 fully saturated rings. The smallest absolute Gasteiger partial charge is 2.00 e. The molecule has 0 amide bonds. The van der Waals surface area contributed by atoms with Gasteiger partial charge in [-0.15, -0.1) is 0 Å². The second kappa shape index (κ2) is 27.8. The molecule has 0 aromatic heterocycles. The van der Waals surface area contributed by atoms with Crippen LogP contribution in [0.5, 0.6) is 0 Å². The predicted molar refractivity (Wildman–Crippen MR) is 1.37 cm³/mol. The summed E-state index contributed by atoms with van der Waals surface area (Å²) in [6, 6.07) is 0. The average Bonchev–Trinajstić information content (AvgIpc) is 0. The van der Waals surface area contributed by atoms with Gasteiger partial charge >= 0.3 is 21.1 Å². The first-order valence-corrected chi connectivity index (χ1v) is 0. The van der Waals surface area contributed by atoms with Gasteiger partial charge in [-0.2, -0.15) is 0 Å². The molecule has 0 spiro atoms. The zero-order valence-corrected chi connectivity index (χ0v) is 5.99. The number of hydrogen-bond acceptors (Lipinski definition) is 0. The van der Waals surface area contributed by atoms with Crippen LogP contribution in [0.3, 0.4) is 0 Å². The Morgan fingerprint density at radius 3 is 0.750 bits per heavy atom. The van der Waals surface area contributed by atoms with Crippen LogP contribution >= 0.6 is 0 Å². The Hall–Kier alpha value is 1.30. The van der Waals surface area contributed by atoms with E-state index in [1.165, 1.54) is 0 Å². The fourth-order valence-electron chi connectivity index (χ4n) is 0. The first-order valence-electron chi connectivity index (χ1n) is 0. The fourth-order valence-corrected chi connectivity index (χ4v) is 0. The molecule has 0 rings (SSSR count). The fraction of sp³-hybridized carbons (Fsp3) is 0. The third-order valence-corrected chi connectivity index (χ3v) is 0. The summed E-state index contributed by atoms with van der Waals surface area (Å²) < 4.78 is 0. The van der Waals surface area contributed by atoms with E-state index in [1.54, 1.807) is 0 Å². The monoisotopic (exact) mass is 422 g/mol. The molecular weight excluding hydrogens is 422 g/mol. The molecule has 0 heterocycles. The maximum absolute atomic E-state index is 0. The van der Waals surface area contributed by atoms with Crippen LogP contribution < -0.4 is 0 Å². The van der Waals surface area contributed by atoms with Crippen molar-refractivity contribution in [3.8, 4) is 0 Å². The van der Waals surface area contributed by atoms with E-state index in [-0.39, 0.29) is 53.1 Å². The van der Waals surface area contributed by atoms with Crippen LogP contribution in [0.2, 0.25) is 0 Å². The third kappa shape index (κ3) is 10.3. The molecule has 0 aromatic carbocycles. The molecular formula is O2Pt2. The number of rotatable bonds is 0. The van der Waals surface area contributed by atoms with Gasteiger partial charge in [0.25, 0.3) is 0 Å². The summed E-state index contributed by atoms with van der Waals surface area (Å²) in [6.07, 6.45) is 0. The zero-order valence-electron chi connectivity index (χ0n) is 1.45. The Morgan fingerprint density at radius 2 is 0.750 bits per heavy atom. The van der Waals surface area contributed by atoms with E-state index in [2.05, 4.69) is 0 Å². The van der Waals surface area contributed by atoms with Crippen LogP contribution in [0.1, 0.15) is 0 Å². The zero-order chi connectivity index (χ0) is 0. The van der Waals surface area contributed by atoms with E-state index in [0.717, 1.165) is 0 Å². The van der Waals surface area contributed by atoms with Crippen molar-refractivity contribution < 1.29 is 53.1 Å². The third-order valence-electron chi connectivity index (χ3n) is 0. The molecule has 0 saturated heterocycles. The van der Waals surface area contributed by atoms with Crippen molar-refractivity contribution in [2.75, 3.05) is 0 Å². The topological polar surface area (TPSA) is 57.0 Å². The van der Waals surface area contributed by atoms with Crippen LogP contribution in [0.25, 0.3) is 0 Å². The van der Waals surface area contributed by atoms with Gasteiger partial charge in [0.05, 0.1) is 0 Å². The number of hydrogen-bond donors (Lipinski definition) is 0. The van der Waals surface area contributed by atoms with Gasteiger partial charge in [-0.05, 0) is 0 Å². The predicted octanol–water partition coefficient (Wildman–Crippen LogP) is -0.243. The van der Waals surface area contributed by atoms with E-state index in [9.17, 15) is 0 Å². The van der Waals surface area contributed by atoms with Crippen molar-refractivity contribution in [3.63, 3.8) is 0 Å².